The zero-order valence-corrected chi connectivity index (χ0v) is 20.7. The molecule has 0 saturated carbocycles. The molecule has 188 valence electrons. The van der Waals surface area contributed by atoms with Crippen molar-refractivity contribution in [3.63, 3.8) is 0 Å². The van der Waals surface area contributed by atoms with E-state index in [-0.39, 0.29) is 17.2 Å². The summed E-state index contributed by atoms with van der Waals surface area (Å²) in [5, 5.41) is 4.19. The van der Waals surface area contributed by atoms with E-state index in [1.54, 1.807) is 36.4 Å². The van der Waals surface area contributed by atoms with Gasteiger partial charge in [0.2, 0.25) is 0 Å². The molecule has 0 aliphatic carbocycles. The van der Waals surface area contributed by atoms with Gasteiger partial charge in [-0.05, 0) is 72.3 Å². The highest BCUT2D eigenvalue weighted by Gasteiger charge is 2.27. The third-order valence-corrected chi connectivity index (χ3v) is 6.72. The van der Waals surface area contributed by atoms with Gasteiger partial charge in [-0.25, -0.2) is 13.8 Å². The van der Waals surface area contributed by atoms with Crippen molar-refractivity contribution < 1.29 is 27.5 Å². The Balaban J connectivity index is 1.74. The van der Waals surface area contributed by atoms with Crippen LogP contribution in [0.4, 0.5) is 5.69 Å². The molecule has 0 bridgehead atoms. The van der Waals surface area contributed by atoms with E-state index in [1.165, 1.54) is 49.7 Å². The molecule has 0 radical (unpaired) electrons. The number of carbonyl (C=O) groups is 2. The first kappa shape index (κ1) is 26.5. The maximum atomic E-state index is 13.4. The van der Waals surface area contributed by atoms with Crippen molar-refractivity contribution in [3.8, 4) is 11.5 Å². The van der Waals surface area contributed by atoms with Gasteiger partial charge in [0.15, 0.2) is 6.61 Å². The molecule has 12 heteroatoms. The lowest BCUT2D eigenvalue weighted by molar-refractivity contribution is -0.120. The molecule has 0 aliphatic rings. The van der Waals surface area contributed by atoms with Gasteiger partial charge >= 0.3 is 0 Å². The largest absolute Gasteiger partial charge is 0.497 e. The Hall–Kier alpha value is -4.09. The average molecular weight is 531 g/mol. The van der Waals surface area contributed by atoms with Crippen LogP contribution in [0.25, 0.3) is 0 Å². The van der Waals surface area contributed by atoms with Crippen LogP contribution in [-0.2, 0) is 19.6 Å². The second kappa shape index (κ2) is 12.0. The van der Waals surface area contributed by atoms with Gasteiger partial charge in [0.25, 0.3) is 21.8 Å². The Labute approximate surface area is 213 Å². The van der Waals surface area contributed by atoms with Crippen LogP contribution in [0, 0.1) is 0 Å². The van der Waals surface area contributed by atoms with Gasteiger partial charge in [-0.2, -0.15) is 5.10 Å². The van der Waals surface area contributed by atoms with Crippen LogP contribution >= 0.6 is 11.6 Å². The third-order valence-electron chi connectivity index (χ3n) is 4.69. The van der Waals surface area contributed by atoms with E-state index < -0.39 is 28.4 Å². The van der Waals surface area contributed by atoms with Gasteiger partial charge in [-0.15, -0.1) is 0 Å². The number of hydrazone groups is 1. The topological polar surface area (TPSA) is 140 Å². The summed E-state index contributed by atoms with van der Waals surface area (Å²) in [5.74, 6) is -0.340. The molecule has 0 unspecified atom stereocenters. The lowest BCUT2D eigenvalue weighted by atomic mass is 10.2. The van der Waals surface area contributed by atoms with E-state index in [1.807, 2.05) is 0 Å². The summed E-state index contributed by atoms with van der Waals surface area (Å²) in [6.07, 6.45) is 1.37. The number of carbonyl (C=O) groups excluding carboxylic acids is 2. The number of halogens is 1. The van der Waals surface area contributed by atoms with Crippen molar-refractivity contribution in [1.82, 2.24) is 5.43 Å². The number of amides is 2. The summed E-state index contributed by atoms with van der Waals surface area (Å²) in [6, 6.07) is 18.5. The molecule has 0 aliphatic heterocycles. The van der Waals surface area contributed by atoms with Gasteiger partial charge in [-0.1, -0.05) is 17.7 Å². The fourth-order valence-electron chi connectivity index (χ4n) is 2.97. The molecule has 3 aromatic carbocycles. The number of hydrogen-bond donors (Lipinski definition) is 2. The smallest absolute Gasteiger partial charge is 0.264 e. The maximum absolute atomic E-state index is 13.4. The number of nitrogens with two attached hydrogens (primary N) is 1. The average Bonchev–Trinajstić information content (AvgIpc) is 2.86. The van der Waals surface area contributed by atoms with Crippen LogP contribution in [0.3, 0.4) is 0 Å². The Morgan fingerprint density at radius 2 is 1.72 bits per heavy atom. The first-order chi connectivity index (χ1) is 17.2. The molecular weight excluding hydrogens is 508 g/mol. The van der Waals surface area contributed by atoms with Crippen LogP contribution in [0.5, 0.6) is 11.5 Å². The second-order valence-corrected chi connectivity index (χ2v) is 9.58. The number of benzene rings is 3. The van der Waals surface area contributed by atoms with Crippen LogP contribution in [0.1, 0.15) is 5.56 Å². The summed E-state index contributed by atoms with van der Waals surface area (Å²) >= 11 is 6.06. The monoisotopic (exact) mass is 530 g/mol. The summed E-state index contributed by atoms with van der Waals surface area (Å²) < 4.78 is 38.0. The van der Waals surface area contributed by atoms with Gasteiger partial charge < -0.3 is 15.2 Å². The molecule has 2 amide bonds. The van der Waals surface area contributed by atoms with E-state index in [9.17, 15) is 18.0 Å². The van der Waals surface area contributed by atoms with E-state index >= 15 is 0 Å². The Bertz CT molecular complexity index is 1350. The molecule has 0 atom stereocenters. The number of primary amides is 1. The SMILES string of the molecule is COc1ccc(S(=O)(=O)N(CC(=O)N/N=C\c2ccc(OCC(N)=O)cc2)c2cccc(Cl)c2)cc1. The lowest BCUT2D eigenvalue weighted by Crippen LogP contribution is -2.39. The highest BCUT2D eigenvalue weighted by molar-refractivity contribution is 7.92. The van der Waals surface area contributed by atoms with E-state index in [4.69, 9.17) is 26.8 Å². The number of nitrogens with zero attached hydrogens (tertiary/aromatic N) is 2. The molecule has 0 spiro atoms. The molecule has 0 saturated heterocycles. The minimum absolute atomic E-state index is 0.0294. The highest BCUT2D eigenvalue weighted by atomic mass is 35.5. The number of anilines is 1. The second-order valence-electron chi connectivity index (χ2n) is 7.28. The molecule has 10 nitrogen and oxygen atoms in total. The molecule has 0 aromatic heterocycles. The zero-order valence-electron chi connectivity index (χ0n) is 19.1. The van der Waals surface area contributed by atoms with Crippen molar-refractivity contribution in [1.29, 1.82) is 0 Å². The molecule has 3 rings (SSSR count). The number of hydrogen-bond acceptors (Lipinski definition) is 7. The standard InChI is InChI=1S/C24H23ClN4O6S/c1-34-20-9-11-22(12-10-20)36(32,33)29(19-4-2-3-18(25)13-19)15-24(31)28-27-14-17-5-7-21(8-6-17)35-16-23(26)30/h2-14H,15-16H2,1H3,(H2,26,30)(H,28,31)/b27-14-. The normalized spacial score (nSPS) is 11.2. The molecule has 3 N–H and O–H groups in total. The summed E-state index contributed by atoms with van der Waals surface area (Å²) in [5.41, 5.74) is 8.19. The van der Waals surface area contributed by atoms with Crippen molar-refractivity contribution in [2.75, 3.05) is 24.6 Å². The third kappa shape index (κ3) is 7.20. The maximum Gasteiger partial charge on any atom is 0.264 e. The fraction of sp³-hybridized carbons (Fsp3) is 0.125. The Kier molecular flexibility index (Phi) is 8.87. The quantitative estimate of drug-likeness (QED) is 0.288. The van der Waals surface area contributed by atoms with Crippen LogP contribution in [0.2, 0.25) is 5.02 Å². The molecule has 0 heterocycles. The summed E-state index contributed by atoms with van der Waals surface area (Å²) in [4.78, 5) is 23.4. The predicted molar refractivity (Wildman–Crippen MR) is 136 cm³/mol. The van der Waals surface area contributed by atoms with Crippen LogP contribution in [-0.4, -0.2) is 46.7 Å². The minimum atomic E-state index is -4.12. The van der Waals surface area contributed by atoms with Crippen LogP contribution in [0.15, 0.2) is 82.8 Å². The number of methoxy groups -OCH3 is 1. The first-order valence-corrected chi connectivity index (χ1v) is 12.3. The molecule has 36 heavy (non-hydrogen) atoms. The van der Waals surface area contributed by atoms with Gasteiger partial charge in [0, 0.05) is 5.02 Å². The van der Waals surface area contributed by atoms with Gasteiger partial charge in [0.1, 0.15) is 18.0 Å². The molecule has 3 aromatic rings. The summed E-state index contributed by atoms with van der Waals surface area (Å²) in [7, 11) is -2.65. The van der Waals surface area contributed by atoms with Crippen molar-refractivity contribution in [3.05, 3.63) is 83.4 Å². The van der Waals surface area contributed by atoms with Gasteiger partial charge in [-0.3, -0.25) is 13.9 Å². The zero-order chi connectivity index (χ0) is 26.1. The number of ether oxygens (including phenoxy) is 2. The van der Waals surface area contributed by atoms with E-state index in [0.29, 0.717) is 22.1 Å². The number of nitrogens with one attached hydrogen (secondary N) is 1. The lowest BCUT2D eigenvalue weighted by Gasteiger charge is -2.24. The number of sulfonamides is 1. The van der Waals surface area contributed by atoms with E-state index in [0.717, 1.165) is 4.31 Å². The van der Waals surface area contributed by atoms with Crippen molar-refractivity contribution >= 4 is 45.3 Å². The van der Waals surface area contributed by atoms with Crippen molar-refractivity contribution in [2.24, 2.45) is 10.8 Å². The van der Waals surface area contributed by atoms with Crippen molar-refractivity contribution in [2.45, 2.75) is 4.90 Å². The molecule has 0 fully saturated rings. The molecular formula is C24H23ClN4O6S. The number of rotatable bonds is 11. The first-order valence-electron chi connectivity index (χ1n) is 10.4. The van der Waals surface area contributed by atoms with Gasteiger partial charge in [0.05, 0.1) is 23.9 Å². The summed E-state index contributed by atoms with van der Waals surface area (Å²) in [6.45, 7) is -0.794. The predicted octanol–water partition coefficient (Wildman–Crippen LogP) is 2.56. The Morgan fingerprint density at radius 1 is 1.06 bits per heavy atom. The Morgan fingerprint density at radius 3 is 2.33 bits per heavy atom. The highest BCUT2D eigenvalue weighted by Crippen LogP contribution is 2.27. The van der Waals surface area contributed by atoms with E-state index in [2.05, 4.69) is 10.5 Å². The fourth-order valence-corrected chi connectivity index (χ4v) is 4.57. The minimum Gasteiger partial charge on any atom is -0.497 e. The van der Waals surface area contributed by atoms with Crippen LogP contribution < -0.4 is 24.9 Å².